The summed E-state index contributed by atoms with van der Waals surface area (Å²) >= 11 is 0. The van der Waals surface area contributed by atoms with E-state index in [0.29, 0.717) is 0 Å². The van der Waals surface area contributed by atoms with E-state index in [0.717, 1.165) is 19.4 Å². The van der Waals surface area contributed by atoms with E-state index in [1.54, 1.807) is 20.8 Å². The molecule has 19 heavy (non-hydrogen) atoms. The van der Waals surface area contributed by atoms with Crippen LogP contribution in [0.5, 0.6) is 0 Å². The van der Waals surface area contributed by atoms with Gasteiger partial charge in [-0.2, -0.15) is 0 Å². The Balaban J connectivity index is 2.64. The van der Waals surface area contributed by atoms with Gasteiger partial charge >= 0.3 is 5.97 Å². The van der Waals surface area contributed by atoms with Crippen molar-refractivity contribution >= 4 is 17.7 Å². The Morgan fingerprint density at radius 3 is 2.53 bits per heavy atom. The van der Waals surface area contributed by atoms with Gasteiger partial charge in [0.25, 0.3) is 5.78 Å². The van der Waals surface area contributed by atoms with Crippen LogP contribution in [0.25, 0.3) is 0 Å². The normalized spacial score (nSPS) is 20.1. The summed E-state index contributed by atoms with van der Waals surface area (Å²) in [5.41, 5.74) is 0. The molecule has 6 heteroatoms. The summed E-state index contributed by atoms with van der Waals surface area (Å²) in [7, 11) is 0. The molecule has 1 aliphatic heterocycles. The van der Waals surface area contributed by atoms with E-state index < -0.39 is 17.8 Å². The fourth-order valence-corrected chi connectivity index (χ4v) is 2.03. The molecule has 6 nitrogen and oxygen atoms in total. The minimum absolute atomic E-state index is 0.146. The zero-order valence-electron chi connectivity index (χ0n) is 11.7. The molecule has 0 aliphatic carbocycles. The lowest BCUT2D eigenvalue weighted by atomic mass is 9.99. The van der Waals surface area contributed by atoms with Gasteiger partial charge in [-0.25, -0.2) is 4.79 Å². The monoisotopic (exact) mass is 270 g/mol. The molecule has 1 unspecified atom stereocenters. The lowest BCUT2D eigenvalue weighted by molar-refractivity contribution is -0.155. The summed E-state index contributed by atoms with van der Waals surface area (Å²) in [6.45, 7) is 6.15. The minimum Gasteiger partial charge on any atom is -0.460 e. The number of nitrogens with one attached hydrogen (secondary N) is 2. The number of hydrogen-bond donors (Lipinski definition) is 2. The third-order valence-corrected chi connectivity index (χ3v) is 3.10. The van der Waals surface area contributed by atoms with Gasteiger partial charge in [-0.05, 0) is 32.2 Å². The van der Waals surface area contributed by atoms with E-state index in [4.69, 9.17) is 0 Å². The Kier molecular flexibility index (Phi) is 5.95. The summed E-state index contributed by atoms with van der Waals surface area (Å²) in [6.07, 6.45) is 1.69. The maximum absolute atomic E-state index is 12.0. The molecule has 1 fully saturated rings. The van der Waals surface area contributed by atoms with E-state index in [9.17, 15) is 14.4 Å². The Morgan fingerprint density at radius 1 is 1.37 bits per heavy atom. The van der Waals surface area contributed by atoms with Gasteiger partial charge < -0.3 is 15.4 Å². The summed E-state index contributed by atoms with van der Waals surface area (Å²) < 4.78 is 4.69. The molecule has 1 amide bonds. The van der Waals surface area contributed by atoms with E-state index in [2.05, 4.69) is 15.4 Å². The van der Waals surface area contributed by atoms with Gasteiger partial charge in [-0.3, -0.25) is 9.59 Å². The smallest absolute Gasteiger partial charge is 0.376 e. The van der Waals surface area contributed by atoms with Crippen LogP contribution in [-0.2, 0) is 19.1 Å². The standard InChI is InChI=1S/C13H22N2O4/c1-4-19-13(18)11(16)10(8(2)3)15-12(17)9-6-5-7-14-9/h8-10,14H,4-7H2,1-3H3,(H,15,17)/t9-,10?/m0/s1. The average molecular weight is 270 g/mol. The van der Waals surface area contributed by atoms with E-state index in [1.807, 2.05) is 0 Å². The molecule has 1 heterocycles. The summed E-state index contributed by atoms with van der Waals surface area (Å²) in [5, 5.41) is 5.70. The number of Topliss-reactive ketones (excluding diaryl/α,β-unsaturated/α-hetero) is 1. The van der Waals surface area contributed by atoms with Crippen molar-refractivity contribution in [3.63, 3.8) is 0 Å². The summed E-state index contributed by atoms with van der Waals surface area (Å²) in [4.78, 5) is 35.3. The average Bonchev–Trinajstić information content (AvgIpc) is 2.88. The highest BCUT2D eigenvalue weighted by molar-refractivity contribution is 6.36. The Bertz CT molecular complexity index is 349. The van der Waals surface area contributed by atoms with Crippen LogP contribution in [0.2, 0.25) is 0 Å². The number of hydrogen-bond acceptors (Lipinski definition) is 5. The van der Waals surface area contributed by atoms with Gasteiger partial charge in [-0.1, -0.05) is 13.8 Å². The quantitative estimate of drug-likeness (QED) is 0.525. The van der Waals surface area contributed by atoms with Crippen molar-refractivity contribution in [1.29, 1.82) is 0 Å². The maximum atomic E-state index is 12.0. The van der Waals surface area contributed by atoms with E-state index >= 15 is 0 Å². The van der Waals surface area contributed by atoms with Crippen LogP contribution >= 0.6 is 0 Å². The second kappa shape index (κ2) is 7.23. The molecule has 0 aromatic rings. The highest BCUT2D eigenvalue weighted by Gasteiger charge is 2.33. The highest BCUT2D eigenvalue weighted by Crippen LogP contribution is 2.09. The van der Waals surface area contributed by atoms with Crippen LogP contribution < -0.4 is 10.6 Å². The number of amides is 1. The van der Waals surface area contributed by atoms with Crippen molar-refractivity contribution < 1.29 is 19.1 Å². The lowest BCUT2D eigenvalue weighted by Crippen LogP contribution is -2.52. The molecule has 0 aromatic heterocycles. The molecule has 2 N–H and O–H groups in total. The fourth-order valence-electron chi connectivity index (χ4n) is 2.03. The number of rotatable bonds is 6. The molecule has 1 rings (SSSR count). The number of carbonyl (C=O) groups is 3. The fraction of sp³-hybridized carbons (Fsp3) is 0.769. The summed E-state index contributed by atoms with van der Waals surface area (Å²) in [6, 6.07) is -1.09. The molecule has 0 spiro atoms. The molecule has 2 atom stereocenters. The third-order valence-electron chi connectivity index (χ3n) is 3.10. The predicted octanol–water partition coefficient (Wildman–Crippen LogP) is 0.0114. The van der Waals surface area contributed by atoms with Crippen LogP contribution in [-0.4, -0.2) is 42.9 Å². The molecule has 0 radical (unpaired) electrons. The van der Waals surface area contributed by atoms with Gasteiger partial charge in [0.1, 0.15) is 6.04 Å². The molecule has 0 saturated carbocycles. The number of ether oxygens (including phenoxy) is 1. The zero-order valence-corrected chi connectivity index (χ0v) is 11.7. The largest absolute Gasteiger partial charge is 0.460 e. The molecule has 0 bridgehead atoms. The number of carbonyl (C=O) groups excluding carboxylic acids is 3. The van der Waals surface area contributed by atoms with Crippen LogP contribution in [0.4, 0.5) is 0 Å². The Morgan fingerprint density at radius 2 is 2.05 bits per heavy atom. The van der Waals surface area contributed by atoms with Crippen LogP contribution in [0, 0.1) is 5.92 Å². The maximum Gasteiger partial charge on any atom is 0.376 e. The van der Waals surface area contributed by atoms with Crippen molar-refractivity contribution in [2.24, 2.45) is 5.92 Å². The molecular weight excluding hydrogens is 248 g/mol. The van der Waals surface area contributed by atoms with Crippen molar-refractivity contribution in [1.82, 2.24) is 10.6 Å². The second-order valence-electron chi connectivity index (χ2n) is 4.96. The molecule has 1 saturated heterocycles. The van der Waals surface area contributed by atoms with Crippen molar-refractivity contribution in [2.75, 3.05) is 13.2 Å². The van der Waals surface area contributed by atoms with Crippen molar-refractivity contribution in [3.05, 3.63) is 0 Å². The van der Waals surface area contributed by atoms with Gasteiger partial charge in [0.05, 0.1) is 12.6 Å². The first kappa shape index (κ1) is 15.6. The minimum atomic E-state index is -0.888. The number of esters is 1. The second-order valence-corrected chi connectivity index (χ2v) is 4.96. The van der Waals surface area contributed by atoms with E-state index in [1.165, 1.54) is 0 Å². The number of ketones is 1. The molecule has 1 aliphatic rings. The first-order chi connectivity index (χ1) is 8.97. The van der Waals surface area contributed by atoms with Crippen molar-refractivity contribution in [3.8, 4) is 0 Å². The molecule has 108 valence electrons. The third kappa shape index (κ3) is 4.31. The van der Waals surface area contributed by atoms with E-state index in [-0.39, 0.29) is 24.5 Å². The summed E-state index contributed by atoms with van der Waals surface area (Å²) in [5.74, 6) is -1.97. The lowest BCUT2D eigenvalue weighted by Gasteiger charge is -2.22. The van der Waals surface area contributed by atoms with Crippen LogP contribution in [0.15, 0.2) is 0 Å². The Hall–Kier alpha value is -1.43. The highest BCUT2D eigenvalue weighted by atomic mass is 16.5. The first-order valence-corrected chi connectivity index (χ1v) is 6.72. The Labute approximate surface area is 113 Å². The molecule has 0 aromatic carbocycles. The van der Waals surface area contributed by atoms with Gasteiger partial charge in [-0.15, -0.1) is 0 Å². The first-order valence-electron chi connectivity index (χ1n) is 6.72. The topological polar surface area (TPSA) is 84.5 Å². The van der Waals surface area contributed by atoms with Crippen molar-refractivity contribution in [2.45, 2.75) is 45.7 Å². The SMILES string of the molecule is CCOC(=O)C(=O)C(NC(=O)[C@@H]1CCCN1)C(C)C. The van der Waals surface area contributed by atoms with Gasteiger partial charge in [0.2, 0.25) is 5.91 Å². The predicted molar refractivity (Wildman–Crippen MR) is 69.4 cm³/mol. The van der Waals surface area contributed by atoms with Gasteiger partial charge in [0, 0.05) is 0 Å². The zero-order chi connectivity index (χ0) is 14.4. The van der Waals surface area contributed by atoms with Crippen LogP contribution in [0.3, 0.4) is 0 Å². The van der Waals surface area contributed by atoms with Gasteiger partial charge in [0.15, 0.2) is 0 Å². The molecular formula is C13H22N2O4. The van der Waals surface area contributed by atoms with Crippen LogP contribution in [0.1, 0.15) is 33.6 Å².